The van der Waals surface area contributed by atoms with Gasteiger partial charge in [-0.25, -0.2) is 0 Å². The number of fused-ring (bicyclic) bond motifs is 2. The van der Waals surface area contributed by atoms with Crippen LogP contribution in [0, 0.1) is 0 Å². The van der Waals surface area contributed by atoms with E-state index >= 15 is 0 Å². The Labute approximate surface area is 147 Å². The molecule has 0 fully saturated rings. The monoisotopic (exact) mass is 345 g/mol. The van der Waals surface area contributed by atoms with E-state index in [-0.39, 0.29) is 17.1 Å². The largest absolute Gasteiger partial charge is 0.507 e. The molecule has 0 atom stereocenters. The quantitative estimate of drug-likeness (QED) is 0.493. The molecule has 1 aliphatic carbocycles. The number of nitrogens with zero attached hydrogens (tertiary/aromatic N) is 1. The van der Waals surface area contributed by atoms with Crippen LogP contribution in [0.2, 0.25) is 0 Å². The third-order valence-electron chi connectivity index (χ3n) is 4.31. The summed E-state index contributed by atoms with van der Waals surface area (Å²) >= 11 is 1.48. The Kier molecular flexibility index (Phi) is 2.99. The summed E-state index contributed by atoms with van der Waals surface area (Å²) in [6, 6.07) is 18.6. The first kappa shape index (κ1) is 14.3. The van der Waals surface area contributed by atoms with Gasteiger partial charge in [-0.2, -0.15) is 0 Å². The Bertz CT molecular complexity index is 1150. The number of hydrogen-bond acceptors (Lipinski definition) is 5. The topological polar surface area (TPSA) is 63.3 Å². The van der Waals surface area contributed by atoms with Crippen LogP contribution in [0.25, 0.3) is 22.2 Å². The van der Waals surface area contributed by atoms with Gasteiger partial charge in [0, 0.05) is 20.9 Å². The van der Waals surface area contributed by atoms with Gasteiger partial charge in [0.15, 0.2) is 11.5 Å². The van der Waals surface area contributed by atoms with Crippen molar-refractivity contribution in [3.63, 3.8) is 0 Å². The maximum absolute atomic E-state index is 12.8. The zero-order valence-corrected chi connectivity index (χ0v) is 13.7. The maximum Gasteiger partial charge on any atom is 0.198 e. The summed E-state index contributed by atoms with van der Waals surface area (Å²) in [5.74, 6) is 0.283. The molecule has 120 valence electrons. The van der Waals surface area contributed by atoms with Gasteiger partial charge in [0.25, 0.3) is 0 Å². The highest BCUT2D eigenvalue weighted by molar-refractivity contribution is 7.99. The number of benzene rings is 3. The normalized spacial score (nSPS) is 12.4. The summed E-state index contributed by atoms with van der Waals surface area (Å²) in [6.45, 7) is 0. The SMILES string of the molecule is O=C1c2ccccc2-c2onc3c(Sc4ccccc4)cc(O)c1c23. The van der Waals surface area contributed by atoms with Crippen molar-refractivity contribution in [1.82, 2.24) is 5.16 Å². The Morgan fingerprint density at radius 1 is 0.960 bits per heavy atom. The number of carbonyl (C=O) groups excluding carboxylic acids is 1. The van der Waals surface area contributed by atoms with E-state index in [2.05, 4.69) is 5.16 Å². The Balaban J connectivity index is 1.79. The molecular formula is C20H11NO3S. The molecule has 25 heavy (non-hydrogen) atoms. The highest BCUT2D eigenvalue weighted by Gasteiger charge is 2.32. The molecule has 5 rings (SSSR count). The zero-order chi connectivity index (χ0) is 17.0. The molecule has 1 aliphatic rings. The molecule has 1 aromatic heterocycles. The predicted molar refractivity (Wildman–Crippen MR) is 95.1 cm³/mol. The van der Waals surface area contributed by atoms with Crippen LogP contribution in [0.4, 0.5) is 0 Å². The van der Waals surface area contributed by atoms with Crippen molar-refractivity contribution >= 4 is 28.4 Å². The van der Waals surface area contributed by atoms with Gasteiger partial charge in [0.1, 0.15) is 11.3 Å². The molecule has 1 heterocycles. The minimum atomic E-state index is -0.204. The molecule has 4 nitrogen and oxygen atoms in total. The molecule has 0 amide bonds. The van der Waals surface area contributed by atoms with Gasteiger partial charge < -0.3 is 9.63 Å². The van der Waals surface area contributed by atoms with E-state index in [1.807, 2.05) is 42.5 Å². The van der Waals surface area contributed by atoms with Gasteiger partial charge in [-0.15, -0.1) is 0 Å². The second-order valence-corrected chi connectivity index (χ2v) is 6.91. The number of phenols is 1. The average Bonchev–Trinajstić information content (AvgIpc) is 3.07. The number of hydrogen-bond donors (Lipinski definition) is 1. The molecule has 0 spiro atoms. The average molecular weight is 345 g/mol. The molecule has 3 aromatic carbocycles. The van der Waals surface area contributed by atoms with Gasteiger partial charge in [-0.05, 0) is 18.2 Å². The van der Waals surface area contributed by atoms with Gasteiger partial charge in [0.2, 0.25) is 0 Å². The lowest BCUT2D eigenvalue weighted by Crippen LogP contribution is -2.09. The van der Waals surface area contributed by atoms with Crippen LogP contribution in [0.3, 0.4) is 0 Å². The van der Waals surface area contributed by atoms with E-state index in [4.69, 9.17) is 4.52 Å². The number of carbonyl (C=O) groups is 1. The summed E-state index contributed by atoms with van der Waals surface area (Å²) < 4.78 is 5.58. The van der Waals surface area contributed by atoms with Crippen molar-refractivity contribution in [2.45, 2.75) is 9.79 Å². The molecule has 0 radical (unpaired) electrons. The number of aromatic hydroxyl groups is 1. The molecule has 1 N–H and O–H groups in total. The highest BCUT2D eigenvalue weighted by Crippen LogP contribution is 2.46. The lowest BCUT2D eigenvalue weighted by molar-refractivity contribution is 0.103. The number of aromatic nitrogens is 1. The van der Waals surface area contributed by atoms with E-state index in [9.17, 15) is 9.90 Å². The van der Waals surface area contributed by atoms with Crippen molar-refractivity contribution < 1.29 is 14.4 Å². The molecule has 0 saturated heterocycles. The first-order chi connectivity index (χ1) is 12.2. The fraction of sp³-hybridized carbons (Fsp3) is 0. The molecule has 0 unspecified atom stereocenters. The summed E-state index contributed by atoms with van der Waals surface area (Å²) in [5, 5.41) is 15.3. The van der Waals surface area contributed by atoms with E-state index in [0.29, 0.717) is 27.8 Å². The molecule has 0 saturated carbocycles. The van der Waals surface area contributed by atoms with E-state index in [1.54, 1.807) is 18.2 Å². The number of rotatable bonds is 2. The first-order valence-electron chi connectivity index (χ1n) is 7.76. The number of ketones is 1. The predicted octanol–water partition coefficient (Wildman–Crippen LogP) is 4.90. The zero-order valence-electron chi connectivity index (χ0n) is 12.9. The van der Waals surface area contributed by atoms with Crippen molar-refractivity contribution in [1.29, 1.82) is 0 Å². The lowest BCUT2D eigenvalue weighted by atomic mass is 9.87. The third-order valence-corrected chi connectivity index (χ3v) is 5.35. The standard InChI is InChI=1S/C20H11NO3S/c22-14-10-15(25-11-6-2-1-3-7-11)18-17-16(14)19(23)12-8-4-5-9-13(12)20(17)24-21-18/h1-10,22H. The van der Waals surface area contributed by atoms with E-state index in [1.165, 1.54) is 11.8 Å². The summed E-state index contributed by atoms with van der Waals surface area (Å²) in [6.07, 6.45) is 0. The van der Waals surface area contributed by atoms with Crippen LogP contribution in [0.15, 0.2) is 75.0 Å². The molecule has 0 bridgehead atoms. The van der Waals surface area contributed by atoms with Crippen molar-refractivity contribution in [3.05, 3.63) is 71.8 Å². The Morgan fingerprint density at radius 3 is 2.48 bits per heavy atom. The van der Waals surface area contributed by atoms with Gasteiger partial charge >= 0.3 is 0 Å². The smallest absolute Gasteiger partial charge is 0.198 e. The van der Waals surface area contributed by atoms with Crippen molar-refractivity contribution in [2.24, 2.45) is 0 Å². The highest BCUT2D eigenvalue weighted by atomic mass is 32.2. The lowest BCUT2D eigenvalue weighted by Gasteiger charge is -2.15. The maximum atomic E-state index is 12.8. The molecular weight excluding hydrogens is 334 g/mol. The van der Waals surface area contributed by atoms with Gasteiger partial charge in [-0.1, -0.05) is 59.4 Å². The fourth-order valence-corrected chi connectivity index (χ4v) is 4.16. The third kappa shape index (κ3) is 2.03. The van der Waals surface area contributed by atoms with E-state index in [0.717, 1.165) is 9.79 Å². The summed E-state index contributed by atoms with van der Waals surface area (Å²) in [7, 11) is 0. The molecule has 5 heteroatoms. The van der Waals surface area contributed by atoms with Crippen LogP contribution in [-0.2, 0) is 0 Å². The van der Waals surface area contributed by atoms with E-state index < -0.39 is 0 Å². The van der Waals surface area contributed by atoms with Crippen LogP contribution < -0.4 is 0 Å². The van der Waals surface area contributed by atoms with Crippen LogP contribution >= 0.6 is 11.8 Å². The van der Waals surface area contributed by atoms with Crippen LogP contribution in [-0.4, -0.2) is 16.0 Å². The van der Waals surface area contributed by atoms with Crippen molar-refractivity contribution in [2.75, 3.05) is 0 Å². The molecule has 0 aliphatic heterocycles. The van der Waals surface area contributed by atoms with Crippen molar-refractivity contribution in [3.8, 4) is 17.1 Å². The second kappa shape index (κ2) is 5.22. The minimum Gasteiger partial charge on any atom is -0.507 e. The van der Waals surface area contributed by atoms with Gasteiger partial charge in [-0.3, -0.25) is 4.79 Å². The van der Waals surface area contributed by atoms with Crippen LogP contribution in [0.5, 0.6) is 5.75 Å². The fourth-order valence-electron chi connectivity index (χ4n) is 3.20. The Hall–Kier alpha value is -3.05. The van der Waals surface area contributed by atoms with Crippen LogP contribution in [0.1, 0.15) is 15.9 Å². The van der Waals surface area contributed by atoms with Gasteiger partial charge in [0.05, 0.1) is 10.9 Å². The first-order valence-corrected chi connectivity index (χ1v) is 8.58. The Morgan fingerprint density at radius 2 is 1.68 bits per heavy atom. The molecule has 4 aromatic rings. The number of phenolic OH excluding ortho intramolecular Hbond substituents is 1. The minimum absolute atomic E-state index is 0.0464. The summed E-state index contributed by atoms with van der Waals surface area (Å²) in [5.41, 5.74) is 2.09. The second-order valence-electron chi connectivity index (χ2n) is 5.79. The summed E-state index contributed by atoms with van der Waals surface area (Å²) in [4.78, 5) is 14.6.